The zero-order valence-electron chi connectivity index (χ0n) is 46.6. The molecular weight excluding hydrogens is 1080 g/mol. The summed E-state index contributed by atoms with van der Waals surface area (Å²) in [6, 6.07) is 113. The Kier molecular flexibility index (Phi) is 11.3. The zero-order valence-corrected chi connectivity index (χ0v) is 48.3. The van der Waals surface area contributed by atoms with Gasteiger partial charge in [-0.1, -0.05) is 247 Å². The predicted molar refractivity (Wildman–Crippen MR) is 366 cm³/mol. The standard InChI is InChI=1S/C78H50B2N4S2/c1-6-25-51(26-7-1)58-37-24-38-59(52-27-8-2-9-28-52)78(58)84-69-50-68-64(49-65(69)80-63-40-19-23-44-73(63)85-74-47-56(45-71(84)77(74)80)81(53-29-10-3-11-30-53)54-31-12-4-13-32-54)79-62-39-18-22-43-72(62)86-75-48-57(46-70(76(75)79)82(68)55-33-14-5-15-34-55)83-66-41-20-16-35-60(66)61-36-17-21-42-67(61)83/h1-50H. The van der Waals surface area contributed by atoms with Crippen LogP contribution in [-0.2, 0) is 0 Å². The Morgan fingerprint density at radius 2 is 0.744 bits per heavy atom. The van der Waals surface area contributed by atoms with Gasteiger partial charge in [-0.15, -0.1) is 0 Å². The number of rotatable bonds is 8. The third-order valence-electron chi connectivity index (χ3n) is 18.0. The molecule has 8 heteroatoms. The fraction of sp³-hybridized carbons (Fsp3) is 0. The number of fused-ring (bicyclic) bond motifs is 11. The van der Waals surface area contributed by atoms with Gasteiger partial charge in [0.25, 0.3) is 0 Å². The first-order chi connectivity index (χ1) is 42.7. The molecule has 0 aliphatic carbocycles. The number of aromatic nitrogens is 1. The third-order valence-corrected chi connectivity index (χ3v) is 20.3. The van der Waals surface area contributed by atoms with E-state index in [1.54, 1.807) is 0 Å². The Hall–Kier alpha value is -10.1. The molecule has 86 heavy (non-hydrogen) atoms. The summed E-state index contributed by atoms with van der Waals surface area (Å²) in [7, 11) is 0. The molecule has 0 radical (unpaired) electrons. The third kappa shape index (κ3) is 7.56. The number of hydrogen-bond acceptors (Lipinski definition) is 5. The Morgan fingerprint density at radius 1 is 0.291 bits per heavy atom. The molecule has 0 N–H and O–H groups in total. The summed E-state index contributed by atoms with van der Waals surface area (Å²) >= 11 is 3.82. The number of para-hydroxylation sites is 6. The van der Waals surface area contributed by atoms with Crippen LogP contribution in [-0.4, -0.2) is 18.0 Å². The van der Waals surface area contributed by atoms with Crippen LogP contribution in [0.1, 0.15) is 0 Å². The lowest BCUT2D eigenvalue weighted by molar-refractivity contribution is 1.15. The van der Waals surface area contributed by atoms with Crippen molar-refractivity contribution in [3.05, 3.63) is 303 Å². The molecule has 0 bridgehead atoms. The van der Waals surface area contributed by atoms with Gasteiger partial charge in [0.05, 0.1) is 16.7 Å². The van der Waals surface area contributed by atoms with Crippen molar-refractivity contribution < 1.29 is 0 Å². The molecule has 0 saturated carbocycles. The van der Waals surface area contributed by atoms with E-state index in [1.165, 1.54) is 79.9 Å². The van der Waals surface area contributed by atoms with E-state index in [0.717, 1.165) is 73.4 Å². The Labute approximate surface area is 509 Å². The van der Waals surface area contributed by atoms with Crippen molar-refractivity contribution in [3.8, 4) is 27.9 Å². The summed E-state index contributed by atoms with van der Waals surface area (Å²) < 4.78 is 2.50. The van der Waals surface area contributed by atoms with Gasteiger partial charge < -0.3 is 19.3 Å². The summed E-state index contributed by atoms with van der Waals surface area (Å²) in [4.78, 5) is 12.8. The van der Waals surface area contributed by atoms with Crippen molar-refractivity contribution in [1.29, 1.82) is 0 Å². The molecule has 18 rings (SSSR count). The number of anilines is 9. The van der Waals surface area contributed by atoms with Crippen molar-refractivity contribution in [2.75, 3.05) is 14.7 Å². The van der Waals surface area contributed by atoms with Crippen LogP contribution in [0.3, 0.4) is 0 Å². The molecule has 14 aromatic rings. The highest BCUT2D eigenvalue weighted by Gasteiger charge is 2.47. The molecule has 0 spiro atoms. The van der Waals surface area contributed by atoms with E-state index in [0.29, 0.717) is 0 Å². The number of hydrogen-bond donors (Lipinski definition) is 0. The summed E-state index contributed by atoms with van der Waals surface area (Å²) in [6.45, 7) is -0.150. The second kappa shape index (κ2) is 19.7. The van der Waals surface area contributed by atoms with Gasteiger partial charge in [-0.05, 0) is 124 Å². The van der Waals surface area contributed by atoms with Crippen LogP contribution in [0.5, 0.6) is 0 Å². The maximum Gasteiger partial charge on any atom is 0.249 e. The fourth-order valence-corrected chi connectivity index (χ4v) is 16.9. The van der Waals surface area contributed by atoms with Crippen molar-refractivity contribution in [2.24, 2.45) is 0 Å². The molecule has 4 nitrogen and oxygen atoms in total. The van der Waals surface area contributed by atoms with Gasteiger partial charge in [0, 0.05) is 92.7 Å². The van der Waals surface area contributed by atoms with Gasteiger partial charge in [-0.25, -0.2) is 0 Å². The maximum absolute atomic E-state index is 2.69. The van der Waals surface area contributed by atoms with Crippen LogP contribution in [0.2, 0.25) is 0 Å². The minimum Gasteiger partial charge on any atom is -0.311 e. The lowest BCUT2D eigenvalue weighted by Gasteiger charge is -2.45. The minimum atomic E-state index is -0.0917. The van der Waals surface area contributed by atoms with Crippen LogP contribution in [0.15, 0.2) is 323 Å². The normalized spacial score (nSPS) is 13.2. The molecule has 0 unspecified atom stereocenters. The predicted octanol–water partition coefficient (Wildman–Crippen LogP) is 17.1. The van der Waals surface area contributed by atoms with E-state index in [2.05, 4.69) is 323 Å². The van der Waals surface area contributed by atoms with Gasteiger partial charge in [-0.3, -0.25) is 0 Å². The fourth-order valence-electron chi connectivity index (χ4n) is 14.5. The van der Waals surface area contributed by atoms with Crippen molar-refractivity contribution >= 4 is 143 Å². The summed E-state index contributed by atoms with van der Waals surface area (Å²) in [5.74, 6) is 0. The van der Waals surface area contributed by atoms with Crippen LogP contribution in [0.4, 0.5) is 51.2 Å². The van der Waals surface area contributed by atoms with E-state index >= 15 is 0 Å². The first kappa shape index (κ1) is 49.3. The van der Waals surface area contributed by atoms with E-state index in [9.17, 15) is 0 Å². The molecular formula is C78H50B2N4S2. The second-order valence-corrected chi connectivity index (χ2v) is 24.9. The van der Waals surface area contributed by atoms with Gasteiger partial charge in [-0.2, -0.15) is 0 Å². The molecule has 1 aromatic heterocycles. The first-order valence-corrected chi connectivity index (χ1v) is 31.2. The highest BCUT2D eigenvalue weighted by Crippen LogP contribution is 2.53. The average molecular weight is 1130 g/mol. The van der Waals surface area contributed by atoms with E-state index in [1.807, 2.05) is 23.5 Å². The number of benzene rings is 13. The summed E-state index contributed by atoms with van der Waals surface area (Å²) in [5, 5.41) is 2.50. The molecule has 400 valence electrons. The SMILES string of the molecule is c1ccc(-c2cccc(-c3ccccc3)c2N2c3cc4c(cc3B3c5ccccc5Sc5cc(N(c6ccccc6)c6ccccc6)cc2c53)B2c3ccccc3Sc3cc(-n5c6ccccc6c6ccccc65)cc(c32)N4c2ccccc2)cc1. The van der Waals surface area contributed by atoms with Gasteiger partial charge in [0.15, 0.2) is 0 Å². The minimum absolute atomic E-state index is 0.0587. The molecule has 0 saturated heterocycles. The lowest BCUT2D eigenvalue weighted by Crippen LogP contribution is -2.64. The number of nitrogens with zero attached hydrogens (tertiary/aromatic N) is 4. The van der Waals surface area contributed by atoms with E-state index in [4.69, 9.17) is 0 Å². The van der Waals surface area contributed by atoms with Crippen LogP contribution in [0, 0.1) is 0 Å². The quantitative estimate of drug-likeness (QED) is 0.140. The van der Waals surface area contributed by atoms with Gasteiger partial charge >= 0.3 is 0 Å². The monoisotopic (exact) mass is 1130 g/mol. The van der Waals surface area contributed by atoms with Crippen molar-refractivity contribution in [1.82, 2.24) is 4.57 Å². The van der Waals surface area contributed by atoms with Crippen molar-refractivity contribution in [2.45, 2.75) is 19.6 Å². The van der Waals surface area contributed by atoms with Crippen LogP contribution >= 0.6 is 23.5 Å². The molecule has 0 fully saturated rings. The largest absolute Gasteiger partial charge is 0.311 e. The Balaban J connectivity index is 0.986. The Bertz CT molecular complexity index is 4890. The van der Waals surface area contributed by atoms with E-state index < -0.39 is 0 Å². The van der Waals surface area contributed by atoms with Crippen LogP contribution in [0.25, 0.3) is 49.7 Å². The molecule has 13 aromatic carbocycles. The molecule has 4 aliphatic heterocycles. The average Bonchev–Trinajstić information content (AvgIpc) is 0.858. The highest BCUT2D eigenvalue weighted by atomic mass is 32.2. The topological polar surface area (TPSA) is 14.7 Å². The molecule has 0 amide bonds. The lowest BCUT2D eigenvalue weighted by atomic mass is 9.31. The Morgan fingerprint density at radius 3 is 1.30 bits per heavy atom. The summed E-state index contributed by atoms with van der Waals surface area (Å²) in [5.41, 5.74) is 26.3. The van der Waals surface area contributed by atoms with Gasteiger partial charge in [0.1, 0.15) is 0 Å². The van der Waals surface area contributed by atoms with Gasteiger partial charge in [0.2, 0.25) is 13.4 Å². The maximum atomic E-state index is 2.69. The smallest absolute Gasteiger partial charge is 0.249 e. The first-order valence-electron chi connectivity index (χ1n) is 29.6. The molecule has 5 heterocycles. The zero-order chi connectivity index (χ0) is 56.4. The summed E-state index contributed by atoms with van der Waals surface area (Å²) in [6.07, 6.45) is 0. The van der Waals surface area contributed by atoms with Crippen molar-refractivity contribution in [3.63, 3.8) is 0 Å². The highest BCUT2D eigenvalue weighted by molar-refractivity contribution is 8.00. The second-order valence-electron chi connectivity index (χ2n) is 22.7. The molecule has 0 atom stereocenters. The van der Waals surface area contributed by atoms with E-state index in [-0.39, 0.29) is 13.4 Å². The van der Waals surface area contributed by atoms with Crippen LogP contribution < -0.4 is 47.5 Å². The molecule has 4 aliphatic rings.